The van der Waals surface area contributed by atoms with Gasteiger partial charge in [-0.2, -0.15) is 0 Å². The molecule has 0 radical (unpaired) electrons. The van der Waals surface area contributed by atoms with Crippen molar-refractivity contribution in [2.24, 2.45) is 29.6 Å². The van der Waals surface area contributed by atoms with Crippen molar-refractivity contribution >= 4 is 0 Å². The molecule has 0 aliphatic carbocycles. The first-order chi connectivity index (χ1) is 7.42. The molecule has 0 aromatic rings. The zero-order valence-electron chi connectivity index (χ0n) is 12.7. The molecule has 2 atom stereocenters. The van der Waals surface area contributed by atoms with Gasteiger partial charge in [-0.25, -0.2) is 0 Å². The van der Waals surface area contributed by atoms with Gasteiger partial charge in [0.2, 0.25) is 0 Å². The first-order valence-corrected chi connectivity index (χ1v) is 7.42. The fraction of sp³-hybridized carbons (Fsp3) is 1.00. The van der Waals surface area contributed by atoms with Gasteiger partial charge in [0, 0.05) is 0 Å². The zero-order valence-corrected chi connectivity index (χ0v) is 12.7. The molecule has 0 spiro atoms. The van der Waals surface area contributed by atoms with Crippen LogP contribution in [0.2, 0.25) is 0 Å². The van der Waals surface area contributed by atoms with Crippen LogP contribution >= 0.6 is 0 Å². The highest BCUT2D eigenvalue weighted by Gasteiger charge is 2.21. The Bertz CT molecular complexity index is 149. The maximum Gasteiger partial charge on any atom is -0.0386 e. The van der Waals surface area contributed by atoms with E-state index in [0.717, 1.165) is 29.6 Å². The molecule has 0 aliphatic heterocycles. The molecule has 16 heavy (non-hydrogen) atoms. The second-order valence-electron chi connectivity index (χ2n) is 6.38. The molecular weight excluding hydrogens is 192 g/mol. The van der Waals surface area contributed by atoms with Crippen molar-refractivity contribution in [2.75, 3.05) is 0 Å². The lowest BCUT2D eigenvalue weighted by Crippen LogP contribution is -2.19. The van der Waals surface area contributed by atoms with Crippen LogP contribution in [0.1, 0.15) is 74.1 Å². The molecule has 0 aliphatic rings. The lowest BCUT2D eigenvalue weighted by atomic mass is 9.77. The smallest absolute Gasteiger partial charge is 0.0386 e. The summed E-state index contributed by atoms with van der Waals surface area (Å²) in [6.07, 6.45) is 5.58. The topological polar surface area (TPSA) is 0 Å². The summed E-state index contributed by atoms with van der Waals surface area (Å²) in [5, 5.41) is 0. The Hall–Kier alpha value is 0. The summed E-state index contributed by atoms with van der Waals surface area (Å²) in [6, 6.07) is 0. The fourth-order valence-corrected chi connectivity index (χ4v) is 2.44. The molecule has 0 bridgehead atoms. The van der Waals surface area contributed by atoms with Gasteiger partial charge in [0.15, 0.2) is 0 Å². The van der Waals surface area contributed by atoms with Gasteiger partial charge in [0.25, 0.3) is 0 Å². The second kappa shape index (κ2) is 8.14. The van der Waals surface area contributed by atoms with Crippen LogP contribution in [0.4, 0.5) is 0 Å². The van der Waals surface area contributed by atoms with Gasteiger partial charge < -0.3 is 0 Å². The van der Waals surface area contributed by atoms with Gasteiger partial charge in [-0.1, -0.05) is 61.3 Å². The maximum absolute atomic E-state index is 2.42. The predicted molar refractivity (Wildman–Crippen MR) is 75.6 cm³/mol. The summed E-state index contributed by atoms with van der Waals surface area (Å²) in [4.78, 5) is 0. The van der Waals surface area contributed by atoms with E-state index >= 15 is 0 Å². The lowest BCUT2D eigenvalue weighted by Gasteiger charge is -2.29. The van der Waals surface area contributed by atoms with Crippen molar-refractivity contribution in [2.45, 2.75) is 74.1 Å². The Morgan fingerprint density at radius 2 is 1.19 bits per heavy atom. The highest BCUT2D eigenvalue weighted by molar-refractivity contribution is 4.72. The number of hydrogen-bond acceptors (Lipinski definition) is 0. The standard InChI is InChI=1S/C16H34/c1-8-15(9-2)11-16(13(5)6)10-14(7)12(3)4/h12-16H,8-11H2,1-7H3. The molecule has 0 nitrogen and oxygen atoms in total. The Labute approximate surface area is 104 Å². The molecule has 0 saturated carbocycles. The lowest BCUT2D eigenvalue weighted by molar-refractivity contribution is 0.218. The van der Waals surface area contributed by atoms with E-state index in [2.05, 4.69) is 48.5 Å². The van der Waals surface area contributed by atoms with Crippen LogP contribution in [0.5, 0.6) is 0 Å². The van der Waals surface area contributed by atoms with Crippen molar-refractivity contribution in [3.63, 3.8) is 0 Å². The van der Waals surface area contributed by atoms with E-state index < -0.39 is 0 Å². The van der Waals surface area contributed by atoms with E-state index in [1.165, 1.54) is 25.7 Å². The summed E-state index contributed by atoms with van der Waals surface area (Å²) in [7, 11) is 0. The van der Waals surface area contributed by atoms with Crippen LogP contribution in [0, 0.1) is 29.6 Å². The predicted octanol–water partition coefficient (Wildman–Crippen LogP) is 5.77. The van der Waals surface area contributed by atoms with Gasteiger partial charge in [-0.15, -0.1) is 0 Å². The molecule has 0 amide bonds. The quantitative estimate of drug-likeness (QED) is 0.493. The van der Waals surface area contributed by atoms with Crippen molar-refractivity contribution in [3.05, 3.63) is 0 Å². The van der Waals surface area contributed by atoms with Gasteiger partial charge in [-0.3, -0.25) is 0 Å². The Morgan fingerprint density at radius 3 is 1.50 bits per heavy atom. The molecule has 2 unspecified atom stereocenters. The molecule has 0 N–H and O–H groups in total. The minimum Gasteiger partial charge on any atom is -0.0651 e. The Kier molecular flexibility index (Phi) is 8.14. The maximum atomic E-state index is 2.42. The zero-order chi connectivity index (χ0) is 12.7. The summed E-state index contributed by atoms with van der Waals surface area (Å²) >= 11 is 0. The highest BCUT2D eigenvalue weighted by Crippen LogP contribution is 2.31. The van der Waals surface area contributed by atoms with Crippen LogP contribution in [0.3, 0.4) is 0 Å². The third kappa shape index (κ3) is 5.92. The van der Waals surface area contributed by atoms with Gasteiger partial charge in [-0.05, 0) is 42.4 Å². The number of rotatable bonds is 8. The Morgan fingerprint density at radius 1 is 0.688 bits per heavy atom. The molecule has 0 heterocycles. The van der Waals surface area contributed by atoms with Crippen molar-refractivity contribution in [3.8, 4) is 0 Å². The SMILES string of the molecule is CCC(CC)CC(CC(C)C(C)C)C(C)C. The summed E-state index contributed by atoms with van der Waals surface area (Å²) in [5.41, 5.74) is 0. The minimum absolute atomic E-state index is 0.836. The largest absolute Gasteiger partial charge is 0.0651 e. The van der Waals surface area contributed by atoms with Crippen LogP contribution in [0.15, 0.2) is 0 Å². The fourth-order valence-electron chi connectivity index (χ4n) is 2.44. The molecule has 98 valence electrons. The minimum atomic E-state index is 0.836. The average Bonchev–Trinajstić information content (AvgIpc) is 2.23. The van der Waals surface area contributed by atoms with Crippen molar-refractivity contribution < 1.29 is 0 Å². The molecule has 0 fully saturated rings. The van der Waals surface area contributed by atoms with Crippen molar-refractivity contribution in [1.29, 1.82) is 0 Å². The average molecular weight is 226 g/mol. The van der Waals surface area contributed by atoms with Crippen molar-refractivity contribution in [1.82, 2.24) is 0 Å². The first kappa shape index (κ1) is 16.0. The molecule has 0 heteroatoms. The normalized spacial score (nSPS) is 16.1. The first-order valence-electron chi connectivity index (χ1n) is 7.42. The monoisotopic (exact) mass is 226 g/mol. The molecule has 0 aromatic heterocycles. The third-order valence-corrected chi connectivity index (χ3v) is 4.55. The van der Waals surface area contributed by atoms with E-state index in [9.17, 15) is 0 Å². The molecular formula is C16H34. The van der Waals surface area contributed by atoms with E-state index in [1.807, 2.05) is 0 Å². The number of hydrogen-bond donors (Lipinski definition) is 0. The summed E-state index contributed by atoms with van der Waals surface area (Å²) in [6.45, 7) is 16.6. The van der Waals surface area contributed by atoms with E-state index in [0.29, 0.717) is 0 Å². The van der Waals surface area contributed by atoms with Crippen LogP contribution < -0.4 is 0 Å². The third-order valence-electron chi connectivity index (χ3n) is 4.55. The highest BCUT2D eigenvalue weighted by atomic mass is 14.3. The van der Waals surface area contributed by atoms with Crippen LogP contribution in [0.25, 0.3) is 0 Å². The van der Waals surface area contributed by atoms with E-state index in [4.69, 9.17) is 0 Å². The van der Waals surface area contributed by atoms with Gasteiger partial charge in [0.05, 0.1) is 0 Å². The van der Waals surface area contributed by atoms with E-state index in [-0.39, 0.29) is 0 Å². The van der Waals surface area contributed by atoms with E-state index in [1.54, 1.807) is 0 Å². The van der Waals surface area contributed by atoms with Crippen LogP contribution in [-0.2, 0) is 0 Å². The molecule has 0 rings (SSSR count). The summed E-state index contributed by atoms with van der Waals surface area (Å²) in [5.74, 6) is 4.44. The summed E-state index contributed by atoms with van der Waals surface area (Å²) < 4.78 is 0. The van der Waals surface area contributed by atoms with Gasteiger partial charge in [0.1, 0.15) is 0 Å². The Balaban J connectivity index is 4.27. The second-order valence-corrected chi connectivity index (χ2v) is 6.38. The van der Waals surface area contributed by atoms with Crippen LogP contribution in [-0.4, -0.2) is 0 Å². The molecule has 0 aromatic carbocycles. The molecule has 0 saturated heterocycles. The van der Waals surface area contributed by atoms with Gasteiger partial charge >= 0.3 is 0 Å².